The van der Waals surface area contributed by atoms with Gasteiger partial charge in [0.1, 0.15) is 0 Å². The Hall–Kier alpha value is -3.98. The molecule has 0 aliphatic heterocycles. The van der Waals surface area contributed by atoms with Crippen LogP contribution in [-0.2, 0) is 28.7 Å². The van der Waals surface area contributed by atoms with Crippen LogP contribution in [0.4, 0.5) is 0 Å². The largest absolute Gasteiger partial charge is 0.381 e. The Kier molecular flexibility index (Phi) is 35.3. The second kappa shape index (κ2) is 40.0. The first kappa shape index (κ1) is 59.1. The Morgan fingerprint density at radius 1 is 0.463 bits per heavy atom. The Balaban J connectivity index is 1.30. The van der Waals surface area contributed by atoms with Crippen molar-refractivity contribution in [3.8, 4) is 0 Å². The van der Waals surface area contributed by atoms with Gasteiger partial charge in [-0.05, 0) is 115 Å². The van der Waals surface area contributed by atoms with Gasteiger partial charge in [0.2, 0.25) is 29.5 Å². The van der Waals surface area contributed by atoms with Gasteiger partial charge in [-0.3, -0.25) is 39.6 Å². The summed E-state index contributed by atoms with van der Waals surface area (Å²) < 4.78 is 5.85. The highest BCUT2D eigenvalue weighted by molar-refractivity contribution is 7.73. The molecule has 0 aliphatic carbocycles. The number of nitrogens with zero attached hydrogens (tertiary/aromatic N) is 3. The molecule has 0 atom stereocenters. The Bertz CT molecular complexity index is 1560. The molecule has 15 nitrogen and oxygen atoms in total. The molecular formula is C51H85N6O9P. The van der Waals surface area contributed by atoms with E-state index in [2.05, 4.69) is 76.6 Å². The van der Waals surface area contributed by atoms with Gasteiger partial charge in [0.15, 0.2) is 0 Å². The van der Waals surface area contributed by atoms with Gasteiger partial charge in [-0.2, -0.15) is 0 Å². The first-order chi connectivity index (χ1) is 32.6. The molecule has 0 bridgehead atoms. The molecule has 0 aliphatic rings. The van der Waals surface area contributed by atoms with Crippen LogP contribution in [0.3, 0.4) is 0 Å². The highest BCUT2D eigenvalue weighted by Gasteiger charge is 2.15. The van der Waals surface area contributed by atoms with Gasteiger partial charge in [-0.25, -0.2) is 15.2 Å². The van der Waals surface area contributed by atoms with Gasteiger partial charge in [-0.1, -0.05) is 106 Å². The molecule has 2 aromatic carbocycles. The molecule has 378 valence electrons. The van der Waals surface area contributed by atoms with E-state index in [1.165, 1.54) is 68.6 Å². The van der Waals surface area contributed by atoms with Crippen LogP contribution in [0, 0.1) is 0 Å². The molecule has 0 saturated heterocycles. The number of hydrogen-bond donors (Lipinski definition) is 6. The zero-order valence-corrected chi connectivity index (χ0v) is 41.6. The summed E-state index contributed by atoms with van der Waals surface area (Å²) >= 11 is 0. The summed E-state index contributed by atoms with van der Waals surface area (Å²) in [4.78, 5) is 59.5. The number of benzene rings is 2. The predicted molar refractivity (Wildman–Crippen MR) is 266 cm³/mol. The van der Waals surface area contributed by atoms with Crippen molar-refractivity contribution in [1.82, 2.24) is 31.1 Å². The number of hydroxylamine groups is 6. The molecule has 0 radical (unpaired) electrons. The number of rotatable bonds is 42. The van der Waals surface area contributed by atoms with Crippen LogP contribution in [0.25, 0.3) is 0 Å². The monoisotopic (exact) mass is 957 g/mol. The van der Waals surface area contributed by atoms with Crippen LogP contribution < -0.4 is 26.6 Å². The first-order valence-corrected chi connectivity index (χ1v) is 26.8. The number of carbonyl (C=O) groups excluding carboxylic acids is 5. The van der Waals surface area contributed by atoms with E-state index in [1.54, 1.807) is 0 Å². The fourth-order valence-electron chi connectivity index (χ4n) is 7.39. The normalized spacial score (nSPS) is 11.1. The van der Waals surface area contributed by atoms with Crippen molar-refractivity contribution >= 4 is 48.1 Å². The fraction of sp³-hybridized carbons (Fsp3) is 0.667. The van der Waals surface area contributed by atoms with E-state index in [4.69, 9.17) is 4.74 Å². The molecule has 0 unspecified atom stereocenters. The third-order valence-electron chi connectivity index (χ3n) is 11.5. The minimum Gasteiger partial charge on any atom is -0.381 e. The molecule has 16 heteroatoms. The van der Waals surface area contributed by atoms with Crippen molar-refractivity contribution in [1.29, 1.82) is 0 Å². The number of hydrogen-bond acceptors (Lipinski definition) is 10. The van der Waals surface area contributed by atoms with Crippen LogP contribution in [-0.4, -0.2) is 126 Å². The third-order valence-corrected chi connectivity index (χ3v) is 14.1. The molecule has 6 N–H and O–H groups in total. The van der Waals surface area contributed by atoms with Crippen LogP contribution in [0.15, 0.2) is 60.7 Å². The van der Waals surface area contributed by atoms with Crippen LogP contribution in [0.1, 0.15) is 155 Å². The van der Waals surface area contributed by atoms with Gasteiger partial charge in [0.25, 0.3) is 0 Å². The lowest BCUT2D eigenvalue weighted by Crippen LogP contribution is -2.31. The van der Waals surface area contributed by atoms with Gasteiger partial charge < -0.3 is 20.7 Å². The van der Waals surface area contributed by atoms with E-state index in [9.17, 15) is 39.6 Å². The molecule has 0 aromatic heterocycles. The van der Waals surface area contributed by atoms with Gasteiger partial charge in [0, 0.05) is 78.5 Å². The van der Waals surface area contributed by atoms with Gasteiger partial charge >= 0.3 is 0 Å². The maximum absolute atomic E-state index is 12.3. The van der Waals surface area contributed by atoms with Crippen molar-refractivity contribution in [3.05, 3.63) is 60.7 Å². The molecule has 2 aromatic rings. The molecule has 0 spiro atoms. The maximum atomic E-state index is 12.3. The number of ether oxygens (including phenoxy) is 1. The lowest BCUT2D eigenvalue weighted by atomic mass is 10.1. The van der Waals surface area contributed by atoms with Crippen molar-refractivity contribution in [2.24, 2.45) is 0 Å². The first-order valence-electron chi connectivity index (χ1n) is 25.2. The molecule has 0 heterocycles. The number of unbranched alkanes of at least 4 members (excludes halogenated alkanes) is 14. The Morgan fingerprint density at radius 3 is 1.30 bits per heavy atom. The van der Waals surface area contributed by atoms with Gasteiger partial charge in [0.05, 0.1) is 0 Å². The summed E-state index contributed by atoms with van der Waals surface area (Å²) in [5, 5.41) is 43.3. The quantitative estimate of drug-likeness (QED) is 0.0167. The number of amides is 5. The summed E-state index contributed by atoms with van der Waals surface area (Å²) in [6, 6.07) is 22.0. The molecule has 0 saturated carbocycles. The van der Waals surface area contributed by atoms with Crippen LogP contribution in [0.5, 0.6) is 0 Å². The highest BCUT2D eigenvalue weighted by atomic mass is 31.1. The van der Waals surface area contributed by atoms with E-state index in [-0.39, 0.29) is 65.1 Å². The van der Waals surface area contributed by atoms with E-state index in [0.29, 0.717) is 73.2 Å². The van der Waals surface area contributed by atoms with E-state index in [0.717, 1.165) is 58.4 Å². The van der Waals surface area contributed by atoms with Gasteiger partial charge in [-0.15, -0.1) is 0 Å². The second-order valence-electron chi connectivity index (χ2n) is 17.3. The fourth-order valence-corrected chi connectivity index (χ4v) is 9.81. The topological polar surface area (TPSA) is 201 Å². The predicted octanol–water partition coefficient (Wildman–Crippen LogP) is 7.60. The minimum absolute atomic E-state index is 0.0188. The van der Waals surface area contributed by atoms with Crippen LogP contribution >= 0.6 is 7.92 Å². The Morgan fingerprint density at radius 2 is 0.836 bits per heavy atom. The van der Waals surface area contributed by atoms with Crippen molar-refractivity contribution in [3.63, 3.8) is 0 Å². The summed E-state index contributed by atoms with van der Waals surface area (Å²) in [6.45, 7) is 6.16. The standard InChI is InChI=1S/C51H85N6O9P/c1-45(58)55(63)39-21-11-18-37-53-48(59)32-34-51(62)57(65)41-23-12-19-38-54-49(60)31-33-50(61)56(64)40-22-10-17-35-52-36-20-25-43-66-42-24-6-4-2-3-5-7-26-44-67(46-27-13-8-14-28-46)47-29-15-9-16-30-47/h8-9,13-16,27-30,52,63-65H,2-7,10-12,17-26,31-44H2,1H3,(H,53,59)(H,54,60). The summed E-state index contributed by atoms with van der Waals surface area (Å²) in [7, 11) is -0.270. The third kappa shape index (κ3) is 31.6. The number of carbonyl (C=O) groups is 5. The molecule has 67 heavy (non-hydrogen) atoms. The zero-order valence-electron chi connectivity index (χ0n) is 40.7. The molecular weight excluding hydrogens is 872 g/mol. The van der Waals surface area contributed by atoms with Crippen molar-refractivity contribution in [2.45, 2.75) is 155 Å². The van der Waals surface area contributed by atoms with E-state index in [1.807, 2.05) is 0 Å². The average molecular weight is 957 g/mol. The Labute approximate surface area is 402 Å². The lowest BCUT2D eigenvalue weighted by Gasteiger charge is -2.18. The van der Waals surface area contributed by atoms with Crippen molar-refractivity contribution in [2.75, 3.05) is 65.2 Å². The van der Waals surface area contributed by atoms with E-state index >= 15 is 0 Å². The smallest absolute Gasteiger partial charge is 0.246 e. The van der Waals surface area contributed by atoms with E-state index < -0.39 is 17.7 Å². The summed E-state index contributed by atoms with van der Waals surface area (Å²) in [6.07, 6.45) is 19.7. The van der Waals surface area contributed by atoms with Crippen molar-refractivity contribution < 1.29 is 44.3 Å². The number of nitrogens with one attached hydrogen (secondary N) is 3. The second-order valence-corrected chi connectivity index (χ2v) is 19.6. The molecule has 2 rings (SSSR count). The average Bonchev–Trinajstić information content (AvgIpc) is 3.33. The minimum atomic E-state index is -0.546. The summed E-state index contributed by atoms with van der Waals surface area (Å²) in [5.74, 6) is -2.02. The zero-order chi connectivity index (χ0) is 48.6. The summed E-state index contributed by atoms with van der Waals surface area (Å²) in [5.41, 5.74) is 0. The SMILES string of the molecule is CC(=O)N(O)CCCCCNC(=O)CCC(=O)N(O)CCCCCNC(=O)CCC(=O)N(O)CCCCCNCCCCOCCCCCCCCCCP(c1ccccc1)c1ccccc1. The van der Waals surface area contributed by atoms with Crippen LogP contribution in [0.2, 0.25) is 0 Å². The highest BCUT2D eigenvalue weighted by Crippen LogP contribution is 2.34. The lowest BCUT2D eigenvalue weighted by molar-refractivity contribution is -0.166. The molecule has 5 amide bonds. The maximum Gasteiger partial charge on any atom is 0.246 e. The molecule has 0 fully saturated rings.